The fraction of sp³-hybridized carbons (Fsp3) is 0.308. The average molecular weight is 497 g/mol. The van der Waals surface area contributed by atoms with Gasteiger partial charge in [-0.25, -0.2) is 0 Å². The second kappa shape index (κ2) is 10.7. The highest BCUT2D eigenvalue weighted by Crippen LogP contribution is 2.36. The zero-order valence-corrected chi connectivity index (χ0v) is 20.9. The van der Waals surface area contributed by atoms with Crippen LogP contribution in [0.1, 0.15) is 45.0 Å². The maximum absolute atomic E-state index is 13.3. The van der Waals surface area contributed by atoms with Crippen molar-refractivity contribution in [2.24, 2.45) is 0 Å². The Balaban J connectivity index is 1.60. The van der Waals surface area contributed by atoms with Gasteiger partial charge in [0.25, 0.3) is 11.8 Å². The Kier molecular flexibility index (Phi) is 7.45. The number of methoxy groups -OCH3 is 2. The Bertz CT molecular complexity index is 1230. The summed E-state index contributed by atoms with van der Waals surface area (Å²) >= 11 is 1.31. The van der Waals surface area contributed by atoms with E-state index in [2.05, 4.69) is 10.6 Å². The number of nitrogens with one attached hydrogen (secondary N) is 2. The summed E-state index contributed by atoms with van der Waals surface area (Å²) in [5.41, 5.74) is 2.46. The van der Waals surface area contributed by atoms with Crippen molar-refractivity contribution >= 4 is 28.8 Å². The first-order valence-electron chi connectivity index (χ1n) is 11.3. The van der Waals surface area contributed by atoms with Gasteiger partial charge in [0.1, 0.15) is 17.6 Å². The summed E-state index contributed by atoms with van der Waals surface area (Å²) in [7, 11) is 2.98. The molecule has 4 rings (SSSR count). The van der Waals surface area contributed by atoms with E-state index in [1.807, 2.05) is 31.4 Å². The molecule has 0 radical (unpaired) electrons. The van der Waals surface area contributed by atoms with Gasteiger partial charge in [-0.05, 0) is 43.5 Å². The number of thiophene rings is 1. The maximum atomic E-state index is 13.3. The van der Waals surface area contributed by atoms with Gasteiger partial charge in [-0.3, -0.25) is 9.59 Å². The molecule has 0 saturated carbocycles. The van der Waals surface area contributed by atoms with Crippen molar-refractivity contribution in [3.8, 4) is 23.0 Å². The van der Waals surface area contributed by atoms with E-state index in [1.54, 1.807) is 24.3 Å². The lowest BCUT2D eigenvalue weighted by Crippen LogP contribution is -2.25. The molecule has 1 aromatic heterocycles. The Morgan fingerprint density at radius 3 is 2.54 bits per heavy atom. The number of carbonyl (C=O) groups is 2. The molecule has 2 heterocycles. The summed E-state index contributed by atoms with van der Waals surface area (Å²) in [4.78, 5) is 26.5. The molecule has 0 saturated heterocycles. The molecule has 1 aliphatic rings. The van der Waals surface area contributed by atoms with Crippen LogP contribution in [0.3, 0.4) is 0 Å². The second-order valence-electron chi connectivity index (χ2n) is 8.00. The van der Waals surface area contributed by atoms with Crippen molar-refractivity contribution in [1.82, 2.24) is 5.32 Å². The zero-order chi connectivity index (χ0) is 24.9. The summed E-state index contributed by atoms with van der Waals surface area (Å²) in [5, 5.41) is 7.57. The van der Waals surface area contributed by atoms with Crippen molar-refractivity contribution < 1.29 is 28.5 Å². The number of ether oxygens (including phenoxy) is 4. The predicted octanol–water partition coefficient (Wildman–Crippen LogP) is 4.67. The normalized spacial score (nSPS) is 14.0. The van der Waals surface area contributed by atoms with Gasteiger partial charge in [-0.2, -0.15) is 0 Å². The molecule has 0 spiro atoms. The molecule has 0 unspecified atom stereocenters. The molecule has 3 aromatic rings. The minimum atomic E-state index is -0.385. The second-order valence-corrected chi connectivity index (χ2v) is 8.95. The first kappa shape index (κ1) is 24.4. The summed E-state index contributed by atoms with van der Waals surface area (Å²) in [6.07, 6.45) is 0.923. The molecular formula is C26H28N2O6S. The summed E-state index contributed by atoms with van der Waals surface area (Å²) < 4.78 is 22.5. The number of amides is 2. The first-order valence-corrected chi connectivity index (χ1v) is 12.2. The third kappa shape index (κ3) is 5.35. The lowest BCUT2D eigenvalue weighted by molar-refractivity contribution is 0.0951. The highest BCUT2D eigenvalue weighted by Gasteiger charge is 2.23. The van der Waals surface area contributed by atoms with Gasteiger partial charge in [0.05, 0.1) is 37.0 Å². The van der Waals surface area contributed by atoms with E-state index in [4.69, 9.17) is 18.9 Å². The molecule has 184 valence electrons. The van der Waals surface area contributed by atoms with E-state index < -0.39 is 0 Å². The maximum Gasteiger partial charge on any atom is 0.265 e. The van der Waals surface area contributed by atoms with Gasteiger partial charge in [0, 0.05) is 30.2 Å². The molecule has 8 nitrogen and oxygen atoms in total. The molecule has 1 aliphatic heterocycles. The summed E-state index contributed by atoms with van der Waals surface area (Å²) in [6.45, 7) is 4.66. The standard InChI is InChI=1S/C26H28N2O6S/c1-5-33-20-10-16-9-15(2)34-21(16)11-17(20)14-27-25(29)18-12-22(31-3)23(32-4)13-19(18)28-26(30)24-7-6-8-35-24/h6-8,10-13,15H,5,9,14H2,1-4H3,(H,27,29)(H,28,30)/t15-/m0/s1. The summed E-state index contributed by atoms with van der Waals surface area (Å²) in [6, 6.07) is 10.5. The van der Waals surface area contributed by atoms with Crippen molar-refractivity contribution in [1.29, 1.82) is 0 Å². The molecule has 0 fully saturated rings. The van der Waals surface area contributed by atoms with Crippen LogP contribution in [0.2, 0.25) is 0 Å². The number of rotatable bonds is 9. The van der Waals surface area contributed by atoms with E-state index in [9.17, 15) is 9.59 Å². The molecule has 0 bridgehead atoms. The lowest BCUT2D eigenvalue weighted by atomic mass is 10.1. The van der Waals surface area contributed by atoms with Crippen LogP contribution in [0, 0.1) is 0 Å². The SMILES string of the molecule is CCOc1cc2c(cc1CNC(=O)c1cc(OC)c(OC)cc1NC(=O)c1cccs1)O[C@@H](C)C2. The molecule has 9 heteroatoms. The van der Waals surface area contributed by atoms with Crippen LogP contribution in [0.25, 0.3) is 0 Å². The van der Waals surface area contributed by atoms with Gasteiger partial charge < -0.3 is 29.6 Å². The zero-order valence-electron chi connectivity index (χ0n) is 20.1. The van der Waals surface area contributed by atoms with Crippen molar-refractivity contribution in [2.75, 3.05) is 26.1 Å². The van der Waals surface area contributed by atoms with E-state index in [1.165, 1.54) is 25.6 Å². The van der Waals surface area contributed by atoms with Crippen LogP contribution in [0.4, 0.5) is 5.69 Å². The largest absolute Gasteiger partial charge is 0.494 e. The number of benzene rings is 2. The Morgan fingerprint density at radius 2 is 1.86 bits per heavy atom. The predicted molar refractivity (Wildman–Crippen MR) is 134 cm³/mol. The number of hydrogen-bond donors (Lipinski definition) is 2. The Labute approximate surface area is 208 Å². The fourth-order valence-electron chi connectivity index (χ4n) is 3.94. The third-order valence-electron chi connectivity index (χ3n) is 5.58. The van der Waals surface area contributed by atoms with Gasteiger partial charge in [-0.1, -0.05) is 6.07 Å². The van der Waals surface area contributed by atoms with E-state index in [0.717, 1.165) is 23.3 Å². The van der Waals surface area contributed by atoms with Crippen LogP contribution in [0.5, 0.6) is 23.0 Å². The molecule has 35 heavy (non-hydrogen) atoms. The topological polar surface area (TPSA) is 95.1 Å². The Morgan fingerprint density at radius 1 is 1.09 bits per heavy atom. The molecule has 1 atom stereocenters. The van der Waals surface area contributed by atoms with Crippen molar-refractivity contribution in [2.45, 2.75) is 32.9 Å². The molecule has 2 aromatic carbocycles. The lowest BCUT2D eigenvalue weighted by Gasteiger charge is -2.17. The van der Waals surface area contributed by atoms with Crippen LogP contribution in [0.15, 0.2) is 41.8 Å². The minimum absolute atomic E-state index is 0.102. The molecular weight excluding hydrogens is 468 g/mol. The smallest absolute Gasteiger partial charge is 0.265 e. The minimum Gasteiger partial charge on any atom is -0.494 e. The highest BCUT2D eigenvalue weighted by molar-refractivity contribution is 7.12. The van der Waals surface area contributed by atoms with E-state index >= 15 is 0 Å². The number of fused-ring (bicyclic) bond motifs is 1. The van der Waals surface area contributed by atoms with Crippen LogP contribution in [-0.2, 0) is 13.0 Å². The quantitative estimate of drug-likeness (QED) is 0.447. The summed E-state index contributed by atoms with van der Waals surface area (Å²) in [5.74, 6) is 1.59. The van der Waals surface area contributed by atoms with Crippen molar-refractivity contribution in [3.05, 3.63) is 63.3 Å². The number of hydrogen-bond acceptors (Lipinski definition) is 7. The number of carbonyl (C=O) groups excluding carboxylic acids is 2. The number of anilines is 1. The van der Waals surface area contributed by atoms with E-state index in [-0.39, 0.29) is 30.0 Å². The molecule has 2 amide bonds. The monoisotopic (exact) mass is 496 g/mol. The van der Waals surface area contributed by atoms with Gasteiger partial charge in [0.15, 0.2) is 11.5 Å². The molecule has 2 N–H and O–H groups in total. The van der Waals surface area contributed by atoms with Gasteiger partial charge >= 0.3 is 0 Å². The molecule has 0 aliphatic carbocycles. The highest BCUT2D eigenvalue weighted by atomic mass is 32.1. The van der Waals surface area contributed by atoms with E-state index in [0.29, 0.717) is 34.4 Å². The Hall–Kier alpha value is -3.72. The van der Waals surface area contributed by atoms with Crippen LogP contribution in [-0.4, -0.2) is 38.7 Å². The van der Waals surface area contributed by atoms with Crippen molar-refractivity contribution in [3.63, 3.8) is 0 Å². The first-order chi connectivity index (χ1) is 16.9. The average Bonchev–Trinajstić information content (AvgIpc) is 3.51. The van der Waals surface area contributed by atoms with Gasteiger partial charge in [0.2, 0.25) is 0 Å². The van der Waals surface area contributed by atoms with Gasteiger partial charge in [-0.15, -0.1) is 11.3 Å². The third-order valence-corrected chi connectivity index (χ3v) is 6.45. The fourth-order valence-corrected chi connectivity index (χ4v) is 4.56. The van der Waals surface area contributed by atoms with Crippen LogP contribution >= 0.6 is 11.3 Å². The van der Waals surface area contributed by atoms with Crippen LogP contribution < -0.4 is 29.6 Å².